The monoisotopic (exact) mass is 479 g/mol. The summed E-state index contributed by atoms with van der Waals surface area (Å²) in [6.07, 6.45) is 0. The van der Waals surface area contributed by atoms with Crippen molar-refractivity contribution >= 4 is 78.2 Å². The fourth-order valence-corrected chi connectivity index (χ4v) is 6.93. The quantitative estimate of drug-likeness (QED) is 0.257. The SMILES string of the molecule is O=C(CSc1nc2ccccc2s1)Nc1ccc2nc(SCc3ccccc3)sc2c1. The van der Waals surface area contributed by atoms with Crippen LogP contribution in [0.1, 0.15) is 5.56 Å². The fourth-order valence-electron chi connectivity index (χ4n) is 3.00. The smallest absolute Gasteiger partial charge is 0.234 e. The molecule has 0 bridgehead atoms. The molecular weight excluding hydrogens is 463 g/mol. The Morgan fingerprint density at radius 3 is 2.35 bits per heavy atom. The Balaban J connectivity index is 1.20. The molecular formula is C23H17N3OS4. The lowest BCUT2D eigenvalue weighted by Crippen LogP contribution is -2.13. The number of hydrogen-bond donors (Lipinski definition) is 1. The molecule has 0 spiro atoms. The van der Waals surface area contributed by atoms with Crippen LogP contribution in [0.15, 0.2) is 81.5 Å². The highest BCUT2D eigenvalue weighted by molar-refractivity contribution is 8.01. The second kappa shape index (κ2) is 9.40. The molecule has 4 nitrogen and oxygen atoms in total. The topological polar surface area (TPSA) is 54.9 Å². The number of rotatable bonds is 7. The van der Waals surface area contributed by atoms with Crippen molar-refractivity contribution in [2.45, 2.75) is 14.4 Å². The second-order valence-electron chi connectivity index (χ2n) is 6.72. The first-order chi connectivity index (χ1) is 15.2. The number of hydrogen-bond acceptors (Lipinski definition) is 7. The fraction of sp³-hybridized carbons (Fsp3) is 0.0870. The van der Waals surface area contributed by atoms with Crippen LogP contribution in [0.3, 0.4) is 0 Å². The molecule has 31 heavy (non-hydrogen) atoms. The van der Waals surface area contributed by atoms with Gasteiger partial charge in [0.2, 0.25) is 5.91 Å². The van der Waals surface area contributed by atoms with Crippen LogP contribution in [0.25, 0.3) is 20.4 Å². The summed E-state index contributed by atoms with van der Waals surface area (Å²) in [5.74, 6) is 1.19. The van der Waals surface area contributed by atoms with Gasteiger partial charge in [0.25, 0.3) is 0 Å². The first-order valence-corrected chi connectivity index (χ1v) is 13.2. The second-order valence-corrected chi connectivity index (χ2v) is 11.2. The van der Waals surface area contributed by atoms with Gasteiger partial charge in [0.05, 0.1) is 26.2 Å². The number of amides is 1. The van der Waals surface area contributed by atoms with E-state index in [1.807, 2.05) is 48.5 Å². The maximum absolute atomic E-state index is 12.4. The maximum atomic E-state index is 12.4. The highest BCUT2D eigenvalue weighted by Gasteiger charge is 2.10. The Bertz CT molecular complexity index is 1310. The van der Waals surface area contributed by atoms with Crippen molar-refractivity contribution in [1.82, 2.24) is 9.97 Å². The van der Waals surface area contributed by atoms with Gasteiger partial charge >= 0.3 is 0 Å². The molecule has 2 heterocycles. The van der Waals surface area contributed by atoms with E-state index in [-0.39, 0.29) is 5.91 Å². The van der Waals surface area contributed by atoms with Gasteiger partial charge in [0.1, 0.15) is 0 Å². The van der Waals surface area contributed by atoms with Crippen LogP contribution >= 0.6 is 46.2 Å². The molecule has 0 aliphatic rings. The largest absolute Gasteiger partial charge is 0.325 e. The normalized spacial score (nSPS) is 11.2. The molecule has 0 radical (unpaired) electrons. The summed E-state index contributed by atoms with van der Waals surface area (Å²) in [6, 6.07) is 24.3. The van der Waals surface area contributed by atoms with E-state index in [0.717, 1.165) is 40.6 Å². The predicted octanol–water partition coefficient (Wildman–Crippen LogP) is 6.93. The third-order valence-electron chi connectivity index (χ3n) is 4.46. The van der Waals surface area contributed by atoms with Crippen molar-refractivity contribution in [3.8, 4) is 0 Å². The van der Waals surface area contributed by atoms with Crippen LogP contribution in [0.2, 0.25) is 0 Å². The molecule has 0 aliphatic carbocycles. The number of thioether (sulfide) groups is 2. The third kappa shape index (κ3) is 5.10. The molecule has 0 atom stereocenters. The molecule has 8 heteroatoms. The summed E-state index contributed by atoms with van der Waals surface area (Å²) in [5.41, 5.74) is 4.02. The highest BCUT2D eigenvalue weighted by Crippen LogP contribution is 2.33. The van der Waals surface area contributed by atoms with Crippen molar-refractivity contribution in [3.63, 3.8) is 0 Å². The maximum Gasteiger partial charge on any atom is 0.234 e. The van der Waals surface area contributed by atoms with Crippen LogP contribution in [0, 0.1) is 0 Å². The van der Waals surface area contributed by atoms with E-state index in [0.29, 0.717) is 5.75 Å². The van der Waals surface area contributed by atoms with E-state index in [1.165, 1.54) is 17.3 Å². The zero-order valence-electron chi connectivity index (χ0n) is 16.3. The van der Waals surface area contributed by atoms with Crippen LogP contribution < -0.4 is 5.32 Å². The van der Waals surface area contributed by atoms with Crippen molar-refractivity contribution in [2.75, 3.05) is 11.1 Å². The van der Waals surface area contributed by atoms with Crippen LogP contribution in [-0.2, 0) is 10.5 Å². The van der Waals surface area contributed by atoms with Gasteiger partial charge in [-0.1, -0.05) is 66.0 Å². The molecule has 5 aromatic rings. The van der Waals surface area contributed by atoms with E-state index >= 15 is 0 Å². The lowest BCUT2D eigenvalue weighted by molar-refractivity contribution is -0.113. The average molecular weight is 480 g/mol. The Hall–Kier alpha value is -2.39. The Labute approximate surface area is 196 Å². The highest BCUT2D eigenvalue weighted by atomic mass is 32.2. The Morgan fingerprint density at radius 1 is 0.806 bits per heavy atom. The first kappa shape index (κ1) is 20.5. The number of nitrogens with zero attached hydrogens (tertiary/aromatic N) is 2. The number of para-hydroxylation sites is 1. The number of nitrogens with one attached hydrogen (secondary N) is 1. The van der Waals surface area contributed by atoms with Crippen LogP contribution in [0.4, 0.5) is 5.69 Å². The summed E-state index contributed by atoms with van der Waals surface area (Å²) in [7, 11) is 0. The minimum absolute atomic E-state index is 0.0354. The molecule has 0 fully saturated rings. The molecule has 154 valence electrons. The molecule has 1 amide bonds. The standard InChI is InChI=1S/C23H17N3OS4/c27-21(14-29-23-25-17-8-4-5-9-19(17)30-23)24-16-10-11-18-20(12-16)31-22(26-18)28-13-15-6-2-1-3-7-15/h1-12H,13-14H2,(H,24,27). The van der Waals surface area contributed by atoms with Gasteiger partial charge in [-0.25, -0.2) is 9.97 Å². The zero-order chi connectivity index (χ0) is 21.0. The van der Waals surface area contributed by atoms with Gasteiger partial charge < -0.3 is 5.32 Å². The number of benzene rings is 3. The van der Waals surface area contributed by atoms with Crippen LogP contribution in [-0.4, -0.2) is 21.6 Å². The van der Waals surface area contributed by atoms with Gasteiger partial charge in [-0.3, -0.25) is 4.79 Å². The average Bonchev–Trinajstić information content (AvgIpc) is 3.40. The number of aromatic nitrogens is 2. The molecule has 0 aliphatic heterocycles. The molecule has 3 aromatic carbocycles. The summed E-state index contributed by atoms with van der Waals surface area (Å²) in [5, 5.41) is 2.99. The van der Waals surface area contributed by atoms with Crippen molar-refractivity contribution in [3.05, 3.63) is 78.4 Å². The van der Waals surface area contributed by atoms with E-state index in [1.54, 1.807) is 34.4 Å². The number of anilines is 1. The molecule has 5 rings (SSSR count). The molecule has 0 saturated carbocycles. The Kier molecular flexibility index (Phi) is 6.22. The minimum atomic E-state index is -0.0354. The molecule has 0 unspecified atom stereocenters. The number of thiazole rings is 2. The lowest BCUT2D eigenvalue weighted by atomic mass is 10.2. The molecule has 0 saturated heterocycles. The van der Waals surface area contributed by atoms with E-state index < -0.39 is 0 Å². The van der Waals surface area contributed by atoms with Gasteiger partial charge in [-0.15, -0.1) is 22.7 Å². The van der Waals surface area contributed by atoms with E-state index in [2.05, 4.69) is 34.6 Å². The van der Waals surface area contributed by atoms with Gasteiger partial charge in [0.15, 0.2) is 8.68 Å². The lowest BCUT2D eigenvalue weighted by Gasteiger charge is -2.03. The van der Waals surface area contributed by atoms with Crippen molar-refractivity contribution in [1.29, 1.82) is 0 Å². The van der Waals surface area contributed by atoms with Gasteiger partial charge in [-0.2, -0.15) is 0 Å². The van der Waals surface area contributed by atoms with Gasteiger partial charge in [0, 0.05) is 11.4 Å². The number of carbonyl (C=O) groups excluding carboxylic acids is 1. The molecule has 1 N–H and O–H groups in total. The summed E-state index contributed by atoms with van der Waals surface area (Å²) >= 11 is 6.48. The van der Waals surface area contributed by atoms with Crippen molar-refractivity contribution < 1.29 is 4.79 Å². The van der Waals surface area contributed by atoms with E-state index in [9.17, 15) is 4.79 Å². The van der Waals surface area contributed by atoms with Crippen LogP contribution in [0.5, 0.6) is 0 Å². The first-order valence-electron chi connectivity index (χ1n) is 9.58. The van der Waals surface area contributed by atoms with E-state index in [4.69, 9.17) is 4.98 Å². The van der Waals surface area contributed by atoms with Crippen molar-refractivity contribution in [2.24, 2.45) is 0 Å². The summed E-state index contributed by atoms with van der Waals surface area (Å²) in [4.78, 5) is 21.7. The zero-order valence-corrected chi connectivity index (χ0v) is 19.5. The summed E-state index contributed by atoms with van der Waals surface area (Å²) in [6.45, 7) is 0. The minimum Gasteiger partial charge on any atom is -0.325 e. The molecule has 2 aromatic heterocycles. The Morgan fingerprint density at radius 2 is 1.52 bits per heavy atom. The third-order valence-corrected chi connectivity index (χ3v) is 8.87. The van der Waals surface area contributed by atoms with Gasteiger partial charge in [-0.05, 0) is 35.9 Å². The number of carbonyl (C=O) groups is 1. The summed E-state index contributed by atoms with van der Waals surface area (Å²) < 4.78 is 4.16. The predicted molar refractivity (Wildman–Crippen MR) is 135 cm³/mol. The number of fused-ring (bicyclic) bond motifs is 2.